The zero-order chi connectivity index (χ0) is 18.1. The Kier molecular flexibility index (Phi) is 5.53. The third kappa shape index (κ3) is 4.47. The summed E-state index contributed by atoms with van der Waals surface area (Å²) in [5, 5.41) is 9.52. The predicted molar refractivity (Wildman–Crippen MR) is 95.5 cm³/mol. The molecule has 2 heterocycles. The molecule has 0 amide bonds. The molecule has 1 aromatic heterocycles. The Labute approximate surface area is 144 Å². The van der Waals surface area contributed by atoms with Gasteiger partial charge in [0.15, 0.2) is 0 Å². The van der Waals surface area contributed by atoms with E-state index in [1.165, 1.54) is 4.57 Å². The summed E-state index contributed by atoms with van der Waals surface area (Å²) < 4.78 is 1.41. The van der Waals surface area contributed by atoms with Gasteiger partial charge in [-0.1, -0.05) is 27.7 Å². The third-order valence-corrected chi connectivity index (χ3v) is 4.71. The zero-order valence-electron chi connectivity index (χ0n) is 15.5. The topological polar surface area (TPSA) is 62.5 Å². The van der Waals surface area contributed by atoms with Gasteiger partial charge in [0.1, 0.15) is 6.04 Å². The van der Waals surface area contributed by atoms with Gasteiger partial charge in [-0.15, -0.1) is 0 Å². The highest BCUT2D eigenvalue weighted by Gasteiger charge is 2.33. The van der Waals surface area contributed by atoms with Crippen LogP contribution in [0.5, 0.6) is 0 Å². The van der Waals surface area contributed by atoms with Gasteiger partial charge in [-0.25, -0.2) is 4.79 Å². The van der Waals surface area contributed by atoms with Gasteiger partial charge in [0, 0.05) is 31.9 Å². The van der Waals surface area contributed by atoms with E-state index in [1.54, 1.807) is 12.3 Å². The van der Waals surface area contributed by atoms with Crippen LogP contribution in [0.1, 0.15) is 51.3 Å². The molecule has 0 aliphatic carbocycles. The van der Waals surface area contributed by atoms with Gasteiger partial charge in [0.2, 0.25) is 0 Å². The molecule has 1 aliphatic rings. The first-order valence-corrected chi connectivity index (χ1v) is 8.76. The summed E-state index contributed by atoms with van der Waals surface area (Å²) in [6.07, 6.45) is 3.07. The average molecular weight is 334 g/mol. The first-order valence-electron chi connectivity index (χ1n) is 8.76. The van der Waals surface area contributed by atoms with Crippen LogP contribution < -0.4 is 5.56 Å². The Bertz CT molecular complexity index is 653. The monoisotopic (exact) mass is 334 g/mol. The van der Waals surface area contributed by atoms with E-state index in [2.05, 4.69) is 18.7 Å². The number of nitrogens with zero attached hydrogens (tertiary/aromatic N) is 2. The van der Waals surface area contributed by atoms with E-state index in [0.29, 0.717) is 11.8 Å². The first-order chi connectivity index (χ1) is 11.1. The number of pyridine rings is 1. The van der Waals surface area contributed by atoms with Crippen molar-refractivity contribution in [3.63, 3.8) is 0 Å². The fourth-order valence-corrected chi connectivity index (χ4v) is 3.57. The van der Waals surface area contributed by atoms with Gasteiger partial charge in [-0.3, -0.25) is 4.79 Å². The fraction of sp³-hybridized carbons (Fsp3) is 0.684. The second-order valence-electron chi connectivity index (χ2n) is 8.34. The van der Waals surface area contributed by atoms with Crippen molar-refractivity contribution < 1.29 is 9.90 Å². The maximum absolute atomic E-state index is 12.3. The van der Waals surface area contributed by atoms with E-state index in [9.17, 15) is 14.7 Å². The average Bonchev–Trinajstić information content (AvgIpc) is 2.41. The van der Waals surface area contributed by atoms with E-state index in [-0.39, 0.29) is 11.5 Å². The zero-order valence-corrected chi connectivity index (χ0v) is 15.5. The molecule has 134 valence electrons. The molecule has 0 bridgehead atoms. The minimum atomic E-state index is -0.940. The highest BCUT2D eigenvalue weighted by molar-refractivity contribution is 5.71. The number of hydrogen-bond donors (Lipinski definition) is 1. The molecule has 0 radical (unpaired) electrons. The van der Waals surface area contributed by atoms with Gasteiger partial charge < -0.3 is 14.6 Å². The van der Waals surface area contributed by atoms with Crippen molar-refractivity contribution in [2.45, 2.75) is 53.5 Å². The summed E-state index contributed by atoms with van der Waals surface area (Å²) in [6.45, 7) is 13.5. The number of carboxylic acid groups (broad SMARTS) is 1. The maximum atomic E-state index is 12.3. The Hall–Kier alpha value is -1.62. The summed E-state index contributed by atoms with van der Waals surface area (Å²) in [6, 6.07) is 0.783. The van der Waals surface area contributed by atoms with Gasteiger partial charge in [0.25, 0.3) is 5.56 Å². The molecule has 1 N–H and O–H groups in total. The predicted octanol–water partition coefficient (Wildman–Crippen LogP) is 2.71. The quantitative estimate of drug-likeness (QED) is 0.833. The Morgan fingerprint density at radius 1 is 1.33 bits per heavy atom. The highest BCUT2D eigenvalue weighted by atomic mass is 16.4. The third-order valence-electron chi connectivity index (χ3n) is 4.71. The van der Waals surface area contributed by atoms with Crippen molar-refractivity contribution >= 4 is 5.97 Å². The lowest BCUT2D eigenvalue weighted by atomic mass is 9.84. The normalized spacial score (nSPS) is 18.4. The van der Waals surface area contributed by atoms with E-state index in [4.69, 9.17) is 0 Å². The number of hydrogen-bond acceptors (Lipinski definition) is 3. The summed E-state index contributed by atoms with van der Waals surface area (Å²) in [7, 11) is 0. The molecular formula is C19H30N2O3. The summed E-state index contributed by atoms with van der Waals surface area (Å²) in [5.74, 6) is -0.726. The minimum Gasteiger partial charge on any atom is -0.480 e. The maximum Gasteiger partial charge on any atom is 0.326 e. The summed E-state index contributed by atoms with van der Waals surface area (Å²) >= 11 is 0. The number of carboxylic acids is 1. The number of aliphatic carboxylic acids is 1. The van der Waals surface area contributed by atoms with Gasteiger partial charge in [-0.05, 0) is 42.2 Å². The molecule has 1 atom stereocenters. The first kappa shape index (κ1) is 18.7. The van der Waals surface area contributed by atoms with Gasteiger partial charge in [0.05, 0.1) is 0 Å². The lowest BCUT2D eigenvalue weighted by Gasteiger charge is -2.46. The van der Waals surface area contributed by atoms with Crippen molar-refractivity contribution in [2.24, 2.45) is 11.3 Å². The van der Waals surface area contributed by atoms with E-state index >= 15 is 0 Å². The van der Waals surface area contributed by atoms with Gasteiger partial charge in [-0.2, -0.15) is 0 Å². The van der Waals surface area contributed by atoms with Crippen LogP contribution >= 0.6 is 0 Å². The van der Waals surface area contributed by atoms with Gasteiger partial charge >= 0.3 is 5.97 Å². The van der Waals surface area contributed by atoms with Crippen molar-refractivity contribution in [1.82, 2.24) is 9.47 Å². The van der Waals surface area contributed by atoms with Crippen LogP contribution in [0.2, 0.25) is 0 Å². The lowest BCUT2D eigenvalue weighted by molar-refractivity contribution is -0.141. The summed E-state index contributed by atoms with van der Waals surface area (Å²) in [4.78, 5) is 26.3. The molecule has 0 spiro atoms. The number of likely N-dealkylation sites (tertiary alicyclic amines) is 1. The van der Waals surface area contributed by atoms with Crippen LogP contribution in [0.25, 0.3) is 0 Å². The molecule has 1 aliphatic heterocycles. The van der Waals surface area contributed by atoms with Crippen LogP contribution in [0, 0.1) is 18.3 Å². The smallest absolute Gasteiger partial charge is 0.326 e. The van der Waals surface area contributed by atoms with Crippen LogP contribution in [0.4, 0.5) is 0 Å². The fourth-order valence-electron chi connectivity index (χ4n) is 3.57. The molecule has 1 fully saturated rings. The molecule has 1 aromatic rings. The molecule has 5 nitrogen and oxygen atoms in total. The largest absolute Gasteiger partial charge is 0.480 e. The lowest BCUT2D eigenvalue weighted by Crippen LogP contribution is -2.53. The van der Waals surface area contributed by atoms with Crippen LogP contribution in [0.15, 0.2) is 17.1 Å². The molecule has 0 saturated carbocycles. The highest BCUT2D eigenvalue weighted by Crippen LogP contribution is 2.28. The summed E-state index contributed by atoms with van der Waals surface area (Å²) in [5.41, 5.74) is 2.19. The number of rotatable bonds is 7. The molecule has 0 aromatic carbocycles. The molecule has 1 saturated heterocycles. The second kappa shape index (κ2) is 7.09. The Morgan fingerprint density at radius 2 is 1.96 bits per heavy atom. The van der Waals surface area contributed by atoms with E-state index < -0.39 is 12.0 Å². The standard InChI is InChI=1S/C19H30N2O3/c1-13(2)8-16(18(23)24)21-10-15(14(3)9-17(21)22)6-7-20-11-19(4,5)12-20/h9-10,13,16H,6-8,11-12H2,1-5H3,(H,23,24). The van der Waals surface area contributed by atoms with Crippen molar-refractivity contribution in [3.05, 3.63) is 33.7 Å². The van der Waals surface area contributed by atoms with Crippen molar-refractivity contribution in [2.75, 3.05) is 19.6 Å². The van der Waals surface area contributed by atoms with E-state index in [1.807, 2.05) is 20.8 Å². The minimum absolute atomic E-state index is 0.214. The van der Waals surface area contributed by atoms with Crippen LogP contribution in [0.3, 0.4) is 0 Å². The molecule has 24 heavy (non-hydrogen) atoms. The molecule has 2 rings (SSSR count). The van der Waals surface area contributed by atoms with Crippen molar-refractivity contribution in [3.8, 4) is 0 Å². The van der Waals surface area contributed by atoms with Crippen molar-refractivity contribution in [1.29, 1.82) is 0 Å². The van der Waals surface area contributed by atoms with Crippen LogP contribution in [-0.2, 0) is 11.2 Å². The number of aromatic nitrogens is 1. The van der Waals surface area contributed by atoms with E-state index in [0.717, 1.165) is 37.2 Å². The Morgan fingerprint density at radius 3 is 2.46 bits per heavy atom. The Balaban J connectivity index is 2.17. The number of aryl methyl sites for hydroxylation is 1. The number of carbonyl (C=O) groups is 1. The molecule has 5 heteroatoms. The van der Waals surface area contributed by atoms with Crippen LogP contribution in [-0.4, -0.2) is 40.2 Å². The SMILES string of the molecule is Cc1cc(=O)n(C(CC(C)C)C(=O)O)cc1CCN1CC(C)(C)C1. The molecular weight excluding hydrogens is 304 g/mol. The second-order valence-corrected chi connectivity index (χ2v) is 8.34. The molecule has 1 unspecified atom stereocenters.